The number of sulfonamides is 1. The molecule has 2 atom stereocenters. The van der Waals surface area contributed by atoms with Crippen LogP contribution in [0.1, 0.15) is 26.7 Å². The van der Waals surface area contributed by atoms with Gasteiger partial charge in [-0.2, -0.15) is 4.31 Å². The molecule has 0 saturated carbocycles. The molecule has 9 heteroatoms. The summed E-state index contributed by atoms with van der Waals surface area (Å²) in [4.78, 5) is 0.0509. The van der Waals surface area contributed by atoms with E-state index < -0.39 is 19.9 Å². The van der Waals surface area contributed by atoms with E-state index in [4.69, 9.17) is 5.73 Å². The number of benzene rings is 1. The van der Waals surface area contributed by atoms with Gasteiger partial charge in [-0.3, -0.25) is 0 Å². The van der Waals surface area contributed by atoms with Gasteiger partial charge in [0.15, 0.2) is 9.84 Å². The average Bonchev–Trinajstić information content (AvgIpc) is 2.54. The van der Waals surface area contributed by atoms with Crippen LogP contribution in [0.2, 0.25) is 0 Å². The van der Waals surface area contributed by atoms with E-state index in [1.165, 1.54) is 35.5 Å². The van der Waals surface area contributed by atoms with Crippen molar-refractivity contribution in [3.8, 4) is 0 Å². The van der Waals surface area contributed by atoms with Gasteiger partial charge in [-0.05, 0) is 37.0 Å². The maximum Gasteiger partial charge on any atom is 0.243 e. The lowest BCUT2D eigenvalue weighted by Gasteiger charge is -2.38. The molecule has 0 amide bonds. The lowest BCUT2D eigenvalue weighted by atomic mass is 9.93. The fourth-order valence-corrected chi connectivity index (χ4v) is 5.81. The van der Waals surface area contributed by atoms with Crippen LogP contribution in [0.3, 0.4) is 0 Å². The monoisotopic (exact) mass is 396 g/mol. The zero-order chi connectivity index (χ0) is 17.3. The molecule has 0 radical (unpaired) electrons. The average molecular weight is 397 g/mol. The molecule has 0 spiro atoms. The zero-order valence-corrected chi connectivity index (χ0v) is 16.3. The fourth-order valence-electron chi connectivity index (χ4n) is 2.99. The van der Waals surface area contributed by atoms with Crippen molar-refractivity contribution in [3.63, 3.8) is 0 Å². The van der Waals surface area contributed by atoms with E-state index in [-0.39, 0.29) is 46.5 Å². The van der Waals surface area contributed by atoms with Gasteiger partial charge in [-0.15, -0.1) is 12.4 Å². The predicted molar refractivity (Wildman–Crippen MR) is 96.5 cm³/mol. The third-order valence-electron chi connectivity index (χ3n) is 4.46. The Morgan fingerprint density at radius 1 is 1.21 bits per heavy atom. The Morgan fingerprint density at radius 2 is 1.83 bits per heavy atom. The van der Waals surface area contributed by atoms with E-state index in [0.29, 0.717) is 6.54 Å². The minimum atomic E-state index is -3.76. The van der Waals surface area contributed by atoms with Crippen molar-refractivity contribution in [1.29, 1.82) is 0 Å². The molecule has 1 fully saturated rings. The summed E-state index contributed by atoms with van der Waals surface area (Å²) in [6.45, 7) is 4.21. The first-order chi connectivity index (χ1) is 10.7. The van der Waals surface area contributed by atoms with Crippen molar-refractivity contribution in [2.75, 3.05) is 18.8 Å². The van der Waals surface area contributed by atoms with Crippen LogP contribution in [-0.2, 0) is 19.9 Å². The summed E-state index contributed by atoms with van der Waals surface area (Å²) < 4.78 is 51.3. The number of hydrogen-bond donors (Lipinski definition) is 1. The van der Waals surface area contributed by atoms with Crippen LogP contribution in [0.4, 0.5) is 0 Å². The Labute approximate surface area is 150 Å². The number of sulfone groups is 1. The molecule has 6 nitrogen and oxygen atoms in total. The smallest absolute Gasteiger partial charge is 0.243 e. The topological polar surface area (TPSA) is 97.5 Å². The van der Waals surface area contributed by atoms with Gasteiger partial charge < -0.3 is 5.73 Å². The van der Waals surface area contributed by atoms with E-state index in [1.807, 2.05) is 6.92 Å². The molecule has 2 N–H and O–H groups in total. The third kappa shape index (κ3) is 4.11. The van der Waals surface area contributed by atoms with Gasteiger partial charge in [0.05, 0.1) is 15.5 Å². The molecular formula is C15H25ClN2O4S2. The van der Waals surface area contributed by atoms with Gasteiger partial charge in [0.25, 0.3) is 0 Å². The highest BCUT2D eigenvalue weighted by Gasteiger charge is 2.36. The Morgan fingerprint density at radius 3 is 2.42 bits per heavy atom. The minimum Gasteiger partial charge on any atom is -0.329 e. The van der Waals surface area contributed by atoms with Crippen LogP contribution in [0.25, 0.3) is 0 Å². The highest BCUT2D eigenvalue weighted by molar-refractivity contribution is 7.91. The first-order valence-corrected chi connectivity index (χ1v) is 10.9. The second-order valence-electron chi connectivity index (χ2n) is 5.92. The number of nitrogens with zero attached hydrogens (tertiary/aromatic N) is 1. The molecule has 2 unspecified atom stereocenters. The number of piperidine rings is 1. The fraction of sp³-hybridized carbons (Fsp3) is 0.600. The number of halogens is 1. The largest absolute Gasteiger partial charge is 0.329 e. The Kier molecular flexibility index (Phi) is 7.25. The summed E-state index contributed by atoms with van der Waals surface area (Å²) in [5, 5.41) is 0. The van der Waals surface area contributed by atoms with Crippen LogP contribution < -0.4 is 5.73 Å². The molecule has 0 aromatic heterocycles. The number of hydrogen-bond acceptors (Lipinski definition) is 5. The maximum absolute atomic E-state index is 12.9. The van der Waals surface area contributed by atoms with Gasteiger partial charge in [-0.25, -0.2) is 16.8 Å². The lowest BCUT2D eigenvalue weighted by molar-refractivity contribution is 0.192. The molecular weight excluding hydrogens is 372 g/mol. The van der Waals surface area contributed by atoms with Crippen molar-refractivity contribution in [3.05, 3.63) is 24.3 Å². The number of rotatable bonds is 5. The molecule has 1 aliphatic heterocycles. The van der Waals surface area contributed by atoms with Crippen molar-refractivity contribution < 1.29 is 16.8 Å². The van der Waals surface area contributed by atoms with Crippen LogP contribution in [0.5, 0.6) is 0 Å². The SMILES string of the molecule is CCS(=O)(=O)c1cccc(S(=O)(=O)N2CCCC(C)C2CN)c1.Cl. The molecule has 0 bridgehead atoms. The van der Waals surface area contributed by atoms with Crippen LogP contribution in [-0.4, -0.2) is 46.0 Å². The Balaban J connectivity index is 0.00000288. The van der Waals surface area contributed by atoms with E-state index in [0.717, 1.165) is 12.8 Å². The van der Waals surface area contributed by atoms with Crippen molar-refractivity contribution >= 4 is 32.3 Å². The predicted octanol–water partition coefficient (Wildman–Crippen LogP) is 1.65. The Bertz CT molecular complexity index is 765. The van der Waals surface area contributed by atoms with E-state index >= 15 is 0 Å². The van der Waals surface area contributed by atoms with E-state index in [1.54, 1.807) is 0 Å². The molecule has 1 saturated heterocycles. The minimum absolute atomic E-state index is 0. The molecule has 24 heavy (non-hydrogen) atoms. The molecule has 1 heterocycles. The van der Waals surface area contributed by atoms with Crippen LogP contribution in [0, 0.1) is 5.92 Å². The molecule has 138 valence electrons. The summed E-state index contributed by atoms with van der Waals surface area (Å²) in [7, 11) is -7.21. The quantitative estimate of drug-likeness (QED) is 0.815. The van der Waals surface area contributed by atoms with Crippen LogP contribution in [0.15, 0.2) is 34.1 Å². The van der Waals surface area contributed by atoms with Crippen LogP contribution >= 0.6 is 12.4 Å². The lowest BCUT2D eigenvalue weighted by Crippen LogP contribution is -2.51. The summed E-state index contributed by atoms with van der Waals surface area (Å²) >= 11 is 0. The molecule has 1 aromatic rings. The molecule has 1 aliphatic rings. The van der Waals surface area contributed by atoms with Gasteiger partial charge >= 0.3 is 0 Å². The summed E-state index contributed by atoms with van der Waals surface area (Å²) in [5.74, 6) is 0.119. The highest BCUT2D eigenvalue weighted by atomic mass is 35.5. The van der Waals surface area contributed by atoms with Gasteiger partial charge in [0.1, 0.15) is 0 Å². The highest BCUT2D eigenvalue weighted by Crippen LogP contribution is 2.29. The van der Waals surface area contributed by atoms with Crippen molar-refractivity contribution in [2.24, 2.45) is 11.7 Å². The summed E-state index contributed by atoms with van der Waals surface area (Å²) in [6.07, 6.45) is 1.72. The summed E-state index contributed by atoms with van der Waals surface area (Å²) in [5.41, 5.74) is 5.78. The Hall–Kier alpha value is -0.670. The zero-order valence-electron chi connectivity index (χ0n) is 13.9. The van der Waals surface area contributed by atoms with Gasteiger partial charge in [-0.1, -0.05) is 19.9 Å². The molecule has 1 aromatic carbocycles. The first-order valence-electron chi connectivity index (χ1n) is 7.78. The van der Waals surface area contributed by atoms with E-state index in [9.17, 15) is 16.8 Å². The summed E-state index contributed by atoms with van der Waals surface area (Å²) in [6, 6.07) is 5.34. The standard InChI is InChI=1S/C15H24N2O4S2.ClH/c1-3-22(18,19)13-7-4-8-14(10-13)23(20,21)17-9-5-6-12(2)15(17)11-16;/h4,7-8,10,12,15H,3,5-6,9,11,16H2,1-2H3;1H. The molecule has 0 aliphatic carbocycles. The van der Waals surface area contributed by atoms with Gasteiger partial charge in [0, 0.05) is 19.1 Å². The van der Waals surface area contributed by atoms with Crippen molar-refractivity contribution in [2.45, 2.75) is 42.5 Å². The third-order valence-corrected chi connectivity index (χ3v) is 8.11. The number of nitrogens with two attached hydrogens (primary N) is 1. The van der Waals surface area contributed by atoms with E-state index in [2.05, 4.69) is 0 Å². The molecule has 2 rings (SSSR count). The maximum atomic E-state index is 12.9. The first kappa shape index (κ1) is 21.4. The second kappa shape index (κ2) is 8.14. The van der Waals surface area contributed by atoms with Crippen molar-refractivity contribution in [1.82, 2.24) is 4.31 Å². The second-order valence-corrected chi connectivity index (χ2v) is 10.1. The normalized spacial score (nSPS) is 22.8. The van der Waals surface area contributed by atoms with Gasteiger partial charge in [0.2, 0.25) is 10.0 Å².